The van der Waals surface area contributed by atoms with Gasteiger partial charge in [0.05, 0.1) is 29.1 Å². The summed E-state index contributed by atoms with van der Waals surface area (Å²) in [7, 11) is -3.36. The van der Waals surface area contributed by atoms with Gasteiger partial charge in [0.1, 0.15) is 5.69 Å². The van der Waals surface area contributed by atoms with Gasteiger partial charge in [0.25, 0.3) is 11.5 Å². The number of amides is 1. The van der Waals surface area contributed by atoms with Crippen molar-refractivity contribution < 1.29 is 13.2 Å². The number of aromatic nitrogens is 4. The van der Waals surface area contributed by atoms with Crippen LogP contribution in [0.2, 0.25) is 0 Å². The molecule has 9 nitrogen and oxygen atoms in total. The number of pyridine rings is 1. The maximum Gasteiger partial charge on any atom is 0.261 e. The van der Waals surface area contributed by atoms with Crippen molar-refractivity contribution in [3.63, 3.8) is 0 Å². The summed E-state index contributed by atoms with van der Waals surface area (Å²) in [5, 5.41) is 11.0. The monoisotopic (exact) mass is 483 g/mol. The van der Waals surface area contributed by atoms with Crippen LogP contribution in [-0.4, -0.2) is 40.1 Å². The first-order valence-corrected chi connectivity index (χ1v) is 12.8. The number of thiophene rings is 1. The minimum atomic E-state index is -3.36. The van der Waals surface area contributed by atoms with Crippen LogP contribution < -0.4 is 10.9 Å². The molecule has 0 unspecified atom stereocenters. The van der Waals surface area contributed by atoms with Crippen LogP contribution in [0.1, 0.15) is 25.8 Å². The molecule has 0 bridgehead atoms. The SMILES string of the molecule is Cc1ccc(C(=O)NCc2cn(-c3ccc(-n4ccccc4=O)cc3CS(C)(=O)=O)nn2)s1. The second-order valence-corrected chi connectivity index (χ2v) is 11.0. The fraction of sp³-hybridized carbons (Fsp3) is 0.182. The lowest BCUT2D eigenvalue weighted by Crippen LogP contribution is -2.21. The molecule has 3 aromatic heterocycles. The molecule has 3 heterocycles. The molecule has 0 fully saturated rings. The van der Waals surface area contributed by atoms with Gasteiger partial charge in [-0.3, -0.25) is 14.2 Å². The molecule has 1 amide bonds. The number of rotatable bonds is 7. The van der Waals surface area contributed by atoms with Crippen LogP contribution in [0.25, 0.3) is 11.4 Å². The lowest BCUT2D eigenvalue weighted by Gasteiger charge is -2.12. The highest BCUT2D eigenvalue weighted by Crippen LogP contribution is 2.21. The third kappa shape index (κ3) is 5.44. The Kier molecular flexibility index (Phi) is 6.25. The highest BCUT2D eigenvalue weighted by atomic mass is 32.2. The summed E-state index contributed by atoms with van der Waals surface area (Å²) in [5.74, 6) is -0.431. The van der Waals surface area contributed by atoms with Crippen molar-refractivity contribution in [2.45, 2.75) is 19.2 Å². The number of carbonyl (C=O) groups is 1. The van der Waals surface area contributed by atoms with Crippen LogP contribution >= 0.6 is 11.3 Å². The molecule has 170 valence electrons. The standard InChI is InChI=1S/C22H21N5O4S2/c1-15-6-9-20(32-15)22(29)23-12-17-13-27(25-24-17)19-8-7-18(11-16(19)14-33(2,30)31)26-10-4-3-5-21(26)28/h3-11,13H,12,14H2,1-2H3,(H,23,29). The second-order valence-electron chi connectivity index (χ2n) is 7.54. The molecular formula is C22H21N5O4S2. The molecule has 0 aliphatic heterocycles. The minimum absolute atomic E-state index is 0.175. The predicted molar refractivity (Wildman–Crippen MR) is 126 cm³/mol. The zero-order valence-corrected chi connectivity index (χ0v) is 19.6. The zero-order valence-electron chi connectivity index (χ0n) is 17.9. The number of hydrogen-bond acceptors (Lipinski definition) is 7. The number of carbonyl (C=O) groups excluding carboxylic acids is 1. The summed E-state index contributed by atoms with van der Waals surface area (Å²) in [6, 6.07) is 13.5. The first-order chi connectivity index (χ1) is 15.7. The van der Waals surface area contributed by atoms with Gasteiger partial charge in [-0.1, -0.05) is 11.3 Å². The Morgan fingerprint density at radius 3 is 2.67 bits per heavy atom. The average molecular weight is 484 g/mol. The number of nitrogens with zero attached hydrogens (tertiary/aromatic N) is 4. The largest absolute Gasteiger partial charge is 0.346 e. The molecule has 11 heteroatoms. The van der Waals surface area contributed by atoms with E-state index in [4.69, 9.17) is 0 Å². The van der Waals surface area contributed by atoms with E-state index in [-0.39, 0.29) is 23.8 Å². The van der Waals surface area contributed by atoms with Crippen molar-refractivity contribution >= 4 is 27.1 Å². The van der Waals surface area contributed by atoms with Gasteiger partial charge in [0.2, 0.25) is 0 Å². The number of aryl methyl sites for hydroxylation is 1. The third-order valence-corrected chi connectivity index (χ3v) is 6.60. The van der Waals surface area contributed by atoms with Crippen molar-refractivity contribution in [2.75, 3.05) is 6.26 Å². The van der Waals surface area contributed by atoms with E-state index in [2.05, 4.69) is 15.6 Å². The van der Waals surface area contributed by atoms with E-state index < -0.39 is 9.84 Å². The molecule has 0 saturated carbocycles. The Morgan fingerprint density at radius 1 is 1.15 bits per heavy atom. The molecule has 1 N–H and O–H groups in total. The first-order valence-electron chi connectivity index (χ1n) is 9.94. The Bertz CT molecular complexity index is 1480. The molecule has 0 aliphatic carbocycles. The lowest BCUT2D eigenvalue weighted by molar-refractivity contribution is 0.0954. The minimum Gasteiger partial charge on any atom is -0.346 e. The molecule has 33 heavy (non-hydrogen) atoms. The van der Waals surface area contributed by atoms with Crippen molar-refractivity contribution in [1.82, 2.24) is 24.9 Å². The van der Waals surface area contributed by atoms with Crippen LogP contribution in [0.15, 0.2) is 65.7 Å². The summed E-state index contributed by atoms with van der Waals surface area (Å²) < 4.78 is 27.0. The van der Waals surface area contributed by atoms with Crippen LogP contribution in [-0.2, 0) is 22.1 Å². The summed E-state index contributed by atoms with van der Waals surface area (Å²) in [6.45, 7) is 2.11. The first kappa shape index (κ1) is 22.6. The molecule has 0 aliphatic rings. The van der Waals surface area contributed by atoms with Crippen LogP contribution in [0.4, 0.5) is 0 Å². The van der Waals surface area contributed by atoms with Gasteiger partial charge in [-0.2, -0.15) is 0 Å². The van der Waals surface area contributed by atoms with Crippen LogP contribution in [0, 0.1) is 6.92 Å². The number of hydrogen-bond donors (Lipinski definition) is 1. The summed E-state index contributed by atoms with van der Waals surface area (Å²) in [6.07, 6.45) is 4.40. The highest BCUT2D eigenvalue weighted by molar-refractivity contribution is 7.89. The number of nitrogens with one attached hydrogen (secondary N) is 1. The Balaban J connectivity index is 1.61. The van der Waals surface area contributed by atoms with Crippen molar-refractivity contribution in [2.24, 2.45) is 0 Å². The van der Waals surface area contributed by atoms with Gasteiger partial charge < -0.3 is 5.32 Å². The molecule has 1 aromatic carbocycles. The van der Waals surface area contributed by atoms with Crippen molar-refractivity contribution in [1.29, 1.82) is 0 Å². The molecule has 4 rings (SSSR count). The summed E-state index contributed by atoms with van der Waals surface area (Å²) >= 11 is 1.41. The molecule has 0 radical (unpaired) electrons. The molecule has 0 atom stereocenters. The van der Waals surface area contributed by atoms with Gasteiger partial charge in [-0.15, -0.1) is 16.4 Å². The van der Waals surface area contributed by atoms with Crippen LogP contribution in [0.5, 0.6) is 0 Å². The lowest BCUT2D eigenvalue weighted by atomic mass is 10.1. The van der Waals surface area contributed by atoms with E-state index >= 15 is 0 Å². The van der Waals surface area contributed by atoms with Gasteiger partial charge in [0.15, 0.2) is 9.84 Å². The molecule has 4 aromatic rings. The molecule has 0 spiro atoms. The summed E-state index contributed by atoms with van der Waals surface area (Å²) in [4.78, 5) is 26.1. The van der Waals surface area contributed by atoms with Gasteiger partial charge in [-0.05, 0) is 48.9 Å². The highest BCUT2D eigenvalue weighted by Gasteiger charge is 2.15. The molecular weight excluding hydrogens is 462 g/mol. The van der Waals surface area contributed by atoms with E-state index in [0.717, 1.165) is 11.1 Å². The number of benzene rings is 1. The zero-order chi connectivity index (χ0) is 23.6. The maximum absolute atomic E-state index is 12.3. The van der Waals surface area contributed by atoms with Gasteiger partial charge >= 0.3 is 0 Å². The van der Waals surface area contributed by atoms with Crippen molar-refractivity contribution in [3.8, 4) is 11.4 Å². The Labute approximate surface area is 194 Å². The van der Waals surface area contributed by atoms with E-state index in [1.165, 1.54) is 26.7 Å². The maximum atomic E-state index is 12.3. The van der Waals surface area contributed by atoms with Gasteiger partial charge in [-0.25, -0.2) is 13.1 Å². The fourth-order valence-corrected chi connectivity index (χ4v) is 4.88. The predicted octanol–water partition coefficient (Wildman–Crippen LogP) is 2.26. The van der Waals surface area contributed by atoms with E-state index in [1.807, 2.05) is 13.0 Å². The fourth-order valence-electron chi connectivity index (χ4n) is 3.30. The third-order valence-electron chi connectivity index (χ3n) is 4.76. The smallest absolute Gasteiger partial charge is 0.261 e. The topological polar surface area (TPSA) is 116 Å². The molecule has 0 saturated heterocycles. The second kappa shape index (κ2) is 9.12. The number of sulfone groups is 1. The normalized spacial score (nSPS) is 11.5. The van der Waals surface area contributed by atoms with Crippen molar-refractivity contribution in [3.05, 3.63) is 92.3 Å². The average Bonchev–Trinajstić information content (AvgIpc) is 3.40. The van der Waals surface area contributed by atoms with E-state index in [1.54, 1.807) is 48.8 Å². The van der Waals surface area contributed by atoms with Gasteiger partial charge in [0, 0.05) is 29.1 Å². The Morgan fingerprint density at radius 2 is 1.97 bits per heavy atom. The van der Waals surface area contributed by atoms with E-state index in [9.17, 15) is 18.0 Å². The van der Waals surface area contributed by atoms with E-state index in [0.29, 0.717) is 27.5 Å². The van der Waals surface area contributed by atoms with Crippen LogP contribution in [0.3, 0.4) is 0 Å². The quantitative estimate of drug-likeness (QED) is 0.431. The summed E-state index contributed by atoms with van der Waals surface area (Å²) in [5.41, 5.74) is 1.83. The Hall–Kier alpha value is -3.57.